The molecule has 1 aromatic carbocycles. The molecule has 1 unspecified atom stereocenters. The molecule has 92 valence electrons. The average molecular weight is 229 g/mol. The van der Waals surface area contributed by atoms with Gasteiger partial charge in [-0.25, -0.2) is 0 Å². The fourth-order valence-electron chi connectivity index (χ4n) is 1.91. The van der Waals surface area contributed by atoms with Crippen molar-refractivity contribution in [1.82, 2.24) is 5.32 Å². The highest BCUT2D eigenvalue weighted by Crippen LogP contribution is 2.04. The minimum Gasteiger partial charge on any atom is -0.313 e. The molecule has 1 rings (SSSR count). The van der Waals surface area contributed by atoms with E-state index >= 15 is 0 Å². The van der Waals surface area contributed by atoms with E-state index in [9.17, 15) is 0 Å². The van der Waals surface area contributed by atoms with Gasteiger partial charge < -0.3 is 5.32 Å². The molecule has 1 heteroatoms. The van der Waals surface area contributed by atoms with Gasteiger partial charge in [0.1, 0.15) is 0 Å². The van der Waals surface area contributed by atoms with Crippen LogP contribution < -0.4 is 5.32 Å². The van der Waals surface area contributed by atoms with Crippen LogP contribution in [0.25, 0.3) is 0 Å². The van der Waals surface area contributed by atoms with Crippen LogP contribution in [0.4, 0.5) is 0 Å². The van der Waals surface area contributed by atoms with Crippen molar-refractivity contribution in [3.63, 3.8) is 0 Å². The van der Waals surface area contributed by atoms with Gasteiger partial charge in [0.15, 0.2) is 0 Å². The molecule has 1 nitrogen and oxygen atoms in total. The quantitative estimate of drug-likeness (QED) is 0.532. The van der Waals surface area contributed by atoms with E-state index in [1.54, 1.807) is 0 Å². The lowest BCUT2D eigenvalue weighted by Gasteiger charge is -2.13. The fraction of sp³-hybridized carbons (Fsp3) is 0.500. The molecular formula is C16H23N. The summed E-state index contributed by atoms with van der Waals surface area (Å²) >= 11 is 0. The number of terminal acetylenes is 1. The van der Waals surface area contributed by atoms with Gasteiger partial charge >= 0.3 is 0 Å². The molecule has 1 N–H and O–H groups in total. The van der Waals surface area contributed by atoms with Gasteiger partial charge in [-0.2, -0.15) is 0 Å². The largest absolute Gasteiger partial charge is 0.313 e. The molecule has 0 saturated carbocycles. The van der Waals surface area contributed by atoms with Gasteiger partial charge in [0, 0.05) is 12.5 Å². The number of unbranched alkanes of at least 4 members (excludes halogenated alkanes) is 1. The number of nitrogens with one attached hydrogen (secondary N) is 1. The van der Waals surface area contributed by atoms with E-state index < -0.39 is 0 Å². The monoisotopic (exact) mass is 229 g/mol. The molecule has 0 saturated heterocycles. The minimum absolute atomic E-state index is 0.497. The van der Waals surface area contributed by atoms with Crippen molar-refractivity contribution in [2.75, 3.05) is 6.54 Å². The second-order valence-corrected chi connectivity index (χ2v) is 4.41. The van der Waals surface area contributed by atoms with Crippen LogP contribution in [0.5, 0.6) is 0 Å². The summed E-state index contributed by atoms with van der Waals surface area (Å²) in [6.45, 7) is 3.26. The summed E-state index contributed by atoms with van der Waals surface area (Å²) in [5.74, 6) is 2.72. The zero-order chi connectivity index (χ0) is 12.3. The normalized spacial score (nSPS) is 12.0. The Labute approximate surface area is 106 Å². The highest BCUT2D eigenvalue weighted by atomic mass is 14.9. The number of aryl methyl sites for hydroxylation is 1. The molecule has 0 spiro atoms. The Hall–Kier alpha value is -1.26. The lowest BCUT2D eigenvalue weighted by Crippen LogP contribution is -2.28. The van der Waals surface area contributed by atoms with Gasteiger partial charge in [0.05, 0.1) is 0 Å². The smallest absolute Gasteiger partial charge is 0.0240 e. The number of hydrogen-bond donors (Lipinski definition) is 1. The molecule has 0 aliphatic rings. The molecule has 0 aliphatic heterocycles. The minimum atomic E-state index is 0.497. The first-order chi connectivity index (χ1) is 8.36. The maximum Gasteiger partial charge on any atom is 0.0240 e. The Kier molecular flexibility index (Phi) is 7.18. The van der Waals surface area contributed by atoms with E-state index in [-0.39, 0.29) is 0 Å². The van der Waals surface area contributed by atoms with Crippen LogP contribution in [0.2, 0.25) is 0 Å². The van der Waals surface area contributed by atoms with Crippen molar-refractivity contribution < 1.29 is 0 Å². The summed E-state index contributed by atoms with van der Waals surface area (Å²) in [7, 11) is 0. The van der Waals surface area contributed by atoms with Crippen LogP contribution in [0.1, 0.15) is 38.2 Å². The molecule has 0 radical (unpaired) electrons. The van der Waals surface area contributed by atoms with E-state index in [1.165, 1.54) is 24.8 Å². The van der Waals surface area contributed by atoms with Crippen molar-refractivity contribution in [2.24, 2.45) is 0 Å². The van der Waals surface area contributed by atoms with E-state index in [1.807, 2.05) is 0 Å². The summed E-state index contributed by atoms with van der Waals surface area (Å²) in [6.07, 6.45) is 10.9. The standard InChI is InChI=1S/C16H23N/c1-3-10-16(4-2)17-14-9-8-13-15-11-6-5-7-12-15/h1,5-7,11-12,16-17H,4,8-10,13-14H2,2H3. The molecule has 1 atom stereocenters. The van der Waals surface area contributed by atoms with Crippen LogP contribution in [0.15, 0.2) is 30.3 Å². The zero-order valence-electron chi connectivity index (χ0n) is 10.8. The Bertz CT molecular complexity index is 323. The maximum atomic E-state index is 5.32. The van der Waals surface area contributed by atoms with E-state index in [4.69, 9.17) is 6.42 Å². The Morgan fingerprint density at radius 2 is 2.00 bits per heavy atom. The van der Waals surface area contributed by atoms with Crippen LogP contribution in [-0.4, -0.2) is 12.6 Å². The topological polar surface area (TPSA) is 12.0 Å². The molecule has 0 aliphatic carbocycles. The second kappa shape index (κ2) is 8.84. The first kappa shape index (κ1) is 13.8. The Balaban J connectivity index is 2.07. The van der Waals surface area contributed by atoms with Crippen LogP contribution in [0, 0.1) is 12.3 Å². The molecule has 1 aromatic rings. The maximum absolute atomic E-state index is 5.32. The van der Waals surface area contributed by atoms with Gasteiger partial charge in [-0.05, 0) is 37.8 Å². The van der Waals surface area contributed by atoms with Gasteiger partial charge in [0.2, 0.25) is 0 Å². The summed E-state index contributed by atoms with van der Waals surface area (Å²) in [4.78, 5) is 0. The van der Waals surface area contributed by atoms with E-state index in [0.29, 0.717) is 6.04 Å². The summed E-state index contributed by atoms with van der Waals surface area (Å²) in [5.41, 5.74) is 1.43. The summed E-state index contributed by atoms with van der Waals surface area (Å²) < 4.78 is 0. The third kappa shape index (κ3) is 6.14. The van der Waals surface area contributed by atoms with Crippen LogP contribution in [-0.2, 0) is 6.42 Å². The number of rotatable bonds is 8. The third-order valence-electron chi connectivity index (χ3n) is 3.03. The van der Waals surface area contributed by atoms with Gasteiger partial charge in [-0.15, -0.1) is 12.3 Å². The molecule has 17 heavy (non-hydrogen) atoms. The van der Waals surface area contributed by atoms with E-state index in [0.717, 1.165) is 19.4 Å². The molecule has 0 fully saturated rings. The Morgan fingerprint density at radius 1 is 1.24 bits per heavy atom. The molecule has 0 bridgehead atoms. The molecule has 0 heterocycles. The molecule has 0 amide bonds. The van der Waals surface area contributed by atoms with Gasteiger partial charge in [-0.3, -0.25) is 0 Å². The predicted octanol–water partition coefficient (Wildman–Crippen LogP) is 3.40. The predicted molar refractivity (Wildman–Crippen MR) is 74.9 cm³/mol. The highest BCUT2D eigenvalue weighted by Gasteiger charge is 2.02. The number of hydrogen-bond acceptors (Lipinski definition) is 1. The van der Waals surface area contributed by atoms with Gasteiger partial charge in [-0.1, -0.05) is 37.3 Å². The van der Waals surface area contributed by atoms with Crippen molar-refractivity contribution in [1.29, 1.82) is 0 Å². The third-order valence-corrected chi connectivity index (χ3v) is 3.03. The lowest BCUT2D eigenvalue weighted by molar-refractivity contribution is 0.493. The molecular weight excluding hydrogens is 206 g/mol. The summed E-state index contributed by atoms with van der Waals surface area (Å²) in [6, 6.07) is 11.2. The van der Waals surface area contributed by atoms with Crippen molar-refractivity contribution >= 4 is 0 Å². The number of benzene rings is 1. The average Bonchev–Trinajstić information content (AvgIpc) is 2.38. The Morgan fingerprint density at radius 3 is 2.65 bits per heavy atom. The fourth-order valence-corrected chi connectivity index (χ4v) is 1.91. The second-order valence-electron chi connectivity index (χ2n) is 4.41. The van der Waals surface area contributed by atoms with Crippen molar-refractivity contribution in [3.8, 4) is 12.3 Å². The SMILES string of the molecule is C#CCC(CC)NCCCCc1ccccc1. The van der Waals surface area contributed by atoms with Crippen molar-refractivity contribution in [3.05, 3.63) is 35.9 Å². The first-order valence-electron chi connectivity index (χ1n) is 6.57. The van der Waals surface area contributed by atoms with Gasteiger partial charge in [0.25, 0.3) is 0 Å². The lowest BCUT2D eigenvalue weighted by atomic mass is 10.1. The molecule has 0 aromatic heterocycles. The van der Waals surface area contributed by atoms with Crippen LogP contribution in [0.3, 0.4) is 0 Å². The first-order valence-corrected chi connectivity index (χ1v) is 6.57. The van der Waals surface area contributed by atoms with Crippen LogP contribution >= 0.6 is 0 Å². The zero-order valence-corrected chi connectivity index (χ0v) is 10.8. The van der Waals surface area contributed by atoms with E-state index in [2.05, 4.69) is 48.5 Å². The summed E-state index contributed by atoms with van der Waals surface area (Å²) in [5, 5.41) is 3.51. The van der Waals surface area contributed by atoms with Crippen molar-refractivity contribution in [2.45, 2.75) is 45.1 Å². The highest BCUT2D eigenvalue weighted by molar-refractivity contribution is 5.14.